The molecule has 2 aromatic rings. The van der Waals surface area contributed by atoms with Gasteiger partial charge in [0, 0.05) is 11.3 Å². The molecule has 0 saturated carbocycles. The van der Waals surface area contributed by atoms with Crippen molar-refractivity contribution in [1.29, 1.82) is 0 Å². The number of hydrogen-bond donors (Lipinski definition) is 0. The first-order valence-corrected chi connectivity index (χ1v) is 8.61. The van der Waals surface area contributed by atoms with Crippen LogP contribution in [0.25, 0.3) is 0 Å². The predicted octanol–water partition coefficient (Wildman–Crippen LogP) is 4.37. The first kappa shape index (κ1) is 15.3. The third kappa shape index (κ3) is 2.50. The maximum absolute atomic E-state index is 14.4. The van der Waals surface area contributed by atoms with E-state index in [-0.39, 0.29) is 5.82 Å². The molecule has 0 spiro atoms. The van der Waals surface area contributed by atoms with Gasteiger partial charge in [0.1, 0.15) is 5.82 Å². The zero-order valence-corrected chi connectivity index (χ0v) is 14.4. The van der Waals surface area contributed by atoms with E-state index in [2.05, 4.69) is 5.10 Å². The van der Waals surface area contributed by atoms with E-state index < -0.39 is 6.17 Å². The second kappa shape index (κ2) is 5.99. The summed E-state index contributed by atoms with van der Waals surface area (Å²) in [6.07, 6.45) is -0.555. The highest BCUT2D eigenvalue weighted by Gasteiger charge is 2.38. The minimum atomic E-state index is -0.555. The zero-order valence-electron chi connectivity index (χ0n) is 12.8. The molecule has 0 N–H and O–H groups in total. The number of thiocarbonyl (C=S) groups is 1. The van der Waals surface area contributed by atoms with Crippen LogP contribution in [0.2, 0.25) is 0 Å². The Morgan fingerprint density at radius 3 is 2.54 bits per heavy atom. The molecule has 4 rings (SSSR count). The second-order valence-electron chi connectivity index (χ2n) is 5.33. The van der Waals surface area contributed by atoms with Crippen LogP contribution in [0.5, 0.6) is 0 Å². The SMILES string of the molecule is CC1=NN2C(=S)N(c3ccccc3)C(c3ccccc3F)N=C2S1. The Hall–Kier alpha value is -2.25. The van der Waals surface area contributed by atoms with Crippen LogP contribution in [0.4, 0.5) is 10.1 Å². The molecule has 1 atom stereocenters. The lowest BCUT2D eigenvalue weighted by atomic mass is 10.1. The van der Waals surface area contributed by atoms with Crippen molar-refractivity contribution >= 4 is 45.0 Å². The number of anilines is 1. The van der Waals surface area contributed by atoms with E-state index >= 15 is 0 Å². The number of halogens is 1. The molecule has 0 bridgehead atoms. The monoisotopic (exact) mass is 356 g/mol. The van der Waals surface area contributed by atoms with Crippen LogP contribution >= 0.6 is 24.0 Å². The molecule has 0 radical (unpaired) electrons. The summed E-state index contributed by atoms with van der Waals surface area (Å²) in [6.45, 7) is 1.90. The minimum Gasteiger partial charge on any atom is -0.290 e. The molecule has 0 amide bonds. The molecule has 2 aliphatic heterocycles. The summed E-state index contributed by atoms with van der Waals surface area (Å²) in [4.78, 5) is 6.56. The molecule has 7 heteroatoms. The highest BCUT2D eigenvalue weighted by molar-refractivity contribution is 8.26. The Labute approximate surface area is 148 Å². The Balaban J connectivity index is 1.88. The minimum absolute atomic E-state index is 0.301. The van der Waals surface area contributed by atoms with Crippen LogP contribution in [0.1, 0.15) is 18.7 Å². The van der Waals surface area contributed by atoms with Crippen molar-refractivity contribution in [3.05, 3.63) is 66.0 Å². The van der Waals surface area contributed by atoms with Gasteiger partial charge in [0.25, 0.3) is 0 Å². The van der Waals surface area contributed by atoms with Gasteiger partial charge >= 0.3 is 0 Å². The van der Waals surface area contributed by atoms with E-state index in [0.29, 0.717) is 15.8 Å². The molecule has 0 fully saturated rings. The van der Waals surface area contributed by atoms with Crippen LogP contribution in [0, 0.1) is 5.82 Å². The van der Waals surface area contributed by atoms with Crippen LogP contribution in [0.3, 0.4) is 0 Å². The summed E-state index contributed by atoms with van der Waals surface area (Å²) in [5, 5.41) is 8.09. The Bertz CT molecular complexity index is 866. The zero-order chi connectivity index (χ0) is 16.7. The molecular weight excluding hydrogens is 343 g/mol. The highest BCUT2D eigenvalue weighted by Crippen LogP contribution is 2.38. The average Bonchev–Trinajstić information content (AvgIpc) is 2.97. The van der Waals surface area contributed by atoms with Crippen molar-refractivity contribution in [2.24, 2.45) is 10.1 Å². The van der Waals surface area contributed by atoms with Crippen LogP contribution in [-0.4, -0.2) is 20.3 Å². The topological polar surface area (TPSA) is 31.2 Å². The van der Waals surface area contributed by atoms with E-state index in [9.17, 15) is 4.39 Å². The third-order valence-corrected chi connectivity index (χ3v) is 4.95. The number of nitrogens with zero attached hydrogens (tertiary/aromatic N) is 4. The van der Waals surface area contributed by atoms with Gasteiger partial charge < -0.3 is 0 Å². The van der Waals surface area contributed by atoms with E-state index in [0.717, 1.165) is 10.7 Å². The molecule has 1 unspecified atom stereocenters. The van der Waals surface area contributed by atoms with Gasteiger partial charge in [-0.05, 0) is 49.1 Å². The molecule has 4 nitrogen and oxygen atoms in total. The van der Waals surface area contributed by atoms with E-state index in [1.807, 2.05) is 42.2 Å². The second-order valence-corrected chi connectivity index (χ2v) is 6.85. The first-order chi connectivity index (χ1) is 11.6. The number of aliphatic imine (C=N–C) groups is 1. The fourth-order valence-corrected chi connectivity index (χ4v) is 3.83. The van der Waals surface area contributed by atoms with Crippen molar-refractivity contribution in [2.45, 2.75) is 13.1 Å². The Kier molecular flexibility index (Phi) is 3.82. The number of thioether (sulfide) groups is 1. The van der Waals surface area contributed by atoms with Crippen LogP contribution in [0.15, 0.2) is 64.7 Å². The van der Waals surface area contributed by atoms with Crippen molar-refractivity contribution < 1.29 is 4.39 Å². The van der Waals surface area contributed by atoms with Crippen molar-refractivity contribution in [3.63, 3.8) is 0 Å². The standard InChI is InChI=1S/C17H13FN4S2/c1-11-20-22-16(24-11)19-15(13-9-5-6-10-14(13)18)21(17(22)23)12-7-3-2-4-8-12/h2-10,15H,1H3. The van der Waals surface area contributed by atoms with E-state index in [4.69, 9.17) is 17.2 Å². The maximum atomic E-state index is 14.4. The third-order valence-electron chi connectivity index (χ3n) is 3.74. The van der Waals surface area contributed by atoms with Gasteiger partial charge in [0.15, 0.2) is 11.3 Å². The van der Waals surface area contributed by atoms with Gasteiger partial charge in [-0.15, -0.1) is 0 Å². The normalized spacial score (nSPS) is 19.9. The van der Waals surface area contributed by atoms with Gasteiger partial charge in [-0.1, -0.05) is 36.4 Å². The van der Waals surface area contributed by atoms with Gasteiger partial charge in [-0.25, -0.2) is 9.38 Å². The number of amidine groups is 1. The number of benzene rings is 2. The fourth-order valence-electron chi connectivity index (χ4n) is 2.69. The first-order valence-electron chi connectivity index (χ1n) is 7.39. The predicted molar refractivity (Wildman–Crippen MR) is 101 cm³/mol. The molecule has 24 heavy (non-hydrogen) atoms. The Morgan fingerprint density at radius 2 is 1.79 bits per heavy atom. The molecule has 0 aliphatic carbocycles. The molecular formula is C17H13FN4S2. The maximum Gasteiger partial charge on any atom is 0.205 e. The van der Waals surface area contributed by atoms with Crippen molar-refractivity contribution in [3.8, 4) is 0 Å². The lowest BCUT2D eigenvalue weighted by Gasteiger charge is -2.37. The molecule has 2 heterocycles. The van der Waals surface area contributed by atoms with Gasteiger partial charge in [-0.2, -0.15) is 10.1 Å². The van der Waals surface area contributed by atoms with Crippen LogP contribution in [-0.2, 0) is 0 Å². The summed E-state index contributed by atoms with van der Waals surface area (Å²) in [5.74, 6) is -0.301. The largest absolute Gasteiger partial charge is 0.290 e. The summed E-state index contributed by atoms with van der Waals surface area (Å²) < 4.78 is 14.4. The molecule has 0 aromatic heterocycles. The summed E-state index contributed by atoms with van der Waals surface area (Å²) in [5.41, 5.74) is 1.34. The number of hydrazone groups is 1. The van der Waals surface area contributed by atoms with Gasteiger partial charge in [0.2, 0.25) is 5.11 Å². The number of hydrogen-bond acceptors (Lipinski definition) is 4. The molecule has 2 aliphatic rings. The highest BCUT2D eigenvalue weighted by atomic mass is 32.2. The lowest BCUT2D eigenvalue weighted by Crippen LogP contribution is -2.47. The van der Waals surface area contributed by atoms with Crippen molar-refractivity contribution in [2.75, 3.05) is 4.90 Å². The molecule has 120 valence electrons. The summed E-state index contributed by atoms with van der Waals surface area (Å²) >= 11 is 7.09. The Morgan fingerprint density at radius 1 is 1.08 bits per heavy atom. The van der Waals surface area contributed by atoms with E-state index in [1.54, 1.807) is 23.2 Å². The molecule has 2 aromatic carbocycles. The molecule has 0 saturated heterocycles. The van der Waals surface area contributed by atoms with Gasteiger partial charge in [-0.3, -0.25) is 4.90 Å². The van der Waals surface area contributed by atoms with Gasteiger partial charge in [0.05, 0.1) is 5.04 Å². The quantitative estimate of drug-likeness (QED) is 0.748. The number of fused-ring (bicyclic) bond motifs is 1. The number of rotatable bonds is 2. The fraction of sp³-hybridized carbons (Fsp3) is 0.118. The smallest absolute Gasteiger partial charge is 0.205 e. The summed E-state index contributed by atoms with van der Waals surface area (Å²) in [7, 11) is 0. The van der Waals surface area contributed by atoms with E-state index in [1.165, 1.54) is 17.8 Å². The lowest BCUT2D eigenvalue weighted by molar-refractivity contribution is 0.557. The number of para-hydroxylation sites is 1. The van der Waals surface area contributed by atoms with Crippen LogP contribution < -0.4 is 4.90 Å². The average molecular weight is 356 g/mol. The van der Waals surface area contributed by atoms with Crippen molar-refractivity contribution in [1.82, 2.24) is 5.01 Å². The summed E-state index contributed by atoms with van der Waals surface area (Å²) in [6, 6.07) is 16.3.